The van der Waals surface area contributed by atoms with Gasteiger partial charge in [-0.25, -0.2) is 0 Å². The Bertz CT molecular complexity index is 661. The number of aryl methyl sites for hydroxylation is 1. The molecule has 0 bridgehead atoms. The van der Waals surface area contributed by atoms with Crippen molar-refractivity contribution in [1.82, 2.24) is 0 Å². The van der Waals surface area contributed by atoms with E-state index >= 15 is 0 Å². The maximum atomic E-state index is 13.1. The summed E-state index contributed by atoms with van der Waals surface area (Å²) in [6.45, 7) is 2.05. The van der Waals surface area contributed by atoms with Crippen molar-refractivity contribution in [2.45, 2.75) is 32.0 Å². The molecule has 21 heavy (non-hydrogen) atoms. The second-order valence-electron chi connectivity index (χ2n) is 5.29. The molecule has 1 N–H and O–H groups in total. The summed E-state index contributed by atoms with van der Waals surface area (Å²) >= 11 is 0. The fourth-order valence-corrected chi connectivity index (χ4v) is 3.00. The van der Waals surface area contributed by atoms with Gasteiger partial charge in [0, 0.05) is 5.69 Å². The summed E-state index contributed by atoms with van der Waals surface area (Å²) in [5.41, 5.74) is 3.02. The van der Waals surface area contributed by atoms with Crippen LogP contribution in [-0.4, -0.2) is 0 Å². The molecule has 0 radical (unpaired) electrons. The van der Waals surface area contributed by atoms with Gasteiger partial charge in [-0.1, -0.05) is 43.3 Å². The molecule has 110 valence electrons. The van der Waals surface area contributed by atoms with E-state index < -0.39 is 11.7 Å². The molecule has 0 saturated carbocycles. The van der Waals surface area contributed by atoms with E-state index in [0.717, 1.165) is 29.3 Å². The minimum atomic E-state index is -4.32. The number of nitrogens with one attached hydrogen (secondary N) is 1. The zero-order valence-electron chi connectivity index (χ0n) is 11.7. The fraction of sp³-hybridized carbons (Fsp3) is 0.294. The van der Waals surface area contributed by atoms with E-state index in [9.17, 15) is 13.2 Å². The molecule has 2 aromatic carbocycles. The fourth-order valence-electron chi connectivity index (χ4n) is 3.00. The van der Waals surface area contributed by atoms with Crippen LogP contribution in [0.2, 0.25) is 0 Å². The van der Waals surface area contributed by atoms with Gasteiger partial charge < -0.3 is 5.32 Å². The Morgan fingerprint density at radius 2 is 1.86 bits per heavy atom. The third kappa shape index (κ3) is 2.50. The van der Waals surface area contributed by atoms with E-state index in [1.807, 2.05) is 25.1 Å². The van der Waals surface area contributed by atoms with Crippen LogP contribution in [0.25, 0.3) is 0 Å². The molecule has 1 nitrogen and oxygen atoms in total. The van der Waals surface area contributed by atoms with Gasteiger partial charge >= 0.3 is 6.18 Å². The lowest BCUT2D eigenvalue weighted by molar-refractivity contribution is -0.138. The van der Waals surface area contributed by atoms with Crippen molar-refractivity contribution < 1.29 is 13.2 Å². The number of rotatable bonds is 2. The molecule has 1 aliphatic rings. The van der Waals surface area contributed by atoms with Crippen LogP contribution in [-0.2, 0) is 19.0 Å². The Morgan fingerprint density at radius 1 is 1.10 bits per heavy atom. The van der Waals surface area contributed by atoms with Gasteiger partial charge in [0.25, 0.3) is 0 Å². The Labute approximate surface area is 121 Å². The number of para-hydroxylation sites is 1. The average Bonchev–Trinajstić information content (AvgIpc) is 2.90. The van der Waals surface area contributed by atoms with Crippen LogP contribution >= 0.6 is 0 Å². The first-order valence-corrected chi connectivity index (χ1v) is 7.04. The largest absolute Gasteiger partial charge is 0.416 e. The lowest BCUT2D eigenvalue weighted by Gasteiger charge is -2.18. The molecule has 1 atom stereocenters. The van der Waals surface area contributed by atoms with Gasteiger partial charge in [0.05, 0.1) is 11.6 Å². The summed E-state index contributed by atoms with van der Waals surface area (Å²) in [6.07, 6.45) is -2.86. The lowest BCUT2D eigenvalue weighted by Crippen LogP contribution is -2.15. The topological polar surface area (TPSA) is 12.0 Å². The van der Waals surface area contributed by atoms with Crippen molar-refractivity contribution in [3.05, 3.63) is 64.7 Å². The lowest BCUT2D eigenvalue weighted by atomic mass is 9.97. The third-order valence-corrected chi connectivity index (χ3v) is 4.00. The highest BCUT2D eigenvalue weighted by Gasteiger charge is 2.36. The zero-order chi connectivity index (χ0) is 15.0. The van der Waals surface area contributed by atoms with E-state index in [0.29, 0.717) is 12.0 Å². The van der Waals surface area contributed by atoms with Crippen LogP contribution < -0.4 is 5.32 Å². The molecular weight excluding hydrogens is 275 g/mol. The van der Waals surface area contributed by atoms with E-state index in [1.165, 1.54) is 6.07 Å². The Morgan fingerprint density at radius 3 is 2.57 bits per heavy atom. The number of fused-ring (bicyclic) bond motifs is 1. The van der Waals surface area contributed by atoms with E-state index in [1.54, 1.807) is 12.1 Å². The number of alkyl halides is 3. The van der Waals surface area contributed by atoms with Crippen LogP contribution in [0.1, 0.15) is 35.2 Å². The number of halogens is 3. The van der Waals surface area contributed by atoms with Gasteiger partial charge in [-0.2, -0.15) is 13.2 Å². The highest BCUT2D eigenvalue weighted by molar-refractivity contribution is 5.63. The molecule has 0 saturated heterocycles. The van der Waals surface area contributed by atoms with Crippen molar-refractivity contribution in [3.63, 3.8) is 0 Å². The average molecular weight is 291 g/mol. The Hall–Kier alpha value is -1.97. The molecular formula is C17H16F3N. The predicted molar refractivity (Wildman–Crippen MR) is 77.3 cm³/mol. The number of hydrogen-bond donors (Lipinski definition) is 1. The zero-order valence-corrected chi connectivity index (χ0v) is 11.7. The highest BCUT2D eigenvalue weighted by Crippen LogP contribution is 2.41. The smallest absolute Gasteiger partial charge is 0.377 e. The molecule has 1 heterocycles. The van der Waals surface area contributed by atoms with Gasteiger partial charge in [-0.05, 0) is 35.6 Å². The van der Waals surface area contributed by atoms with Gasteiger partial charge in [-0.15, -0.1) is 0 Å². The normalized spacial score (nSPS) is 17.4. The summed E-state index contributed by atoms with van der Waals surface area (Å²) in [7, 11) is 0. The van der Waals surface area contributed by atoms with E-state index in [-0.39, 0.29) is 6.04 Å². The molecule has 2 aromatic rings. The van der Waals surface area contributed by atoms with Crippen LogP contribution in [0.5, 0.6) is 0 Å². The van der Waals surface area contributed by atoms with Crippen molar-refractivity contribution in [2.75, 3.05) is 5.32 Å². The molecule has 0 spiro atoms. The SMILES string of the molecule is CCc1cccc2c1NC(c1ccccc1C(F)(F)F)C2. The van der Waals surface area contributed by atoms with Crippen molar-refractivity contribution in [3.8, 4) is 0 Å². The highest BCUT2D eigenvalue weighted by atomic mass is 19.4. The number of benzene rings is 2. The molecule has 0 amide bonds. The Kier molecular flexibility index (Phi) is 3.40. The second-order valence-corrected chi connectivity index (χ2v) is 5.29. The third-order valence-electron chi connectivity index (χ3n) is 4.00. The summed E-state index contributed by atoms with van der Waals surface area (Å²) in [5.74, 6) is 0. The quantitative estimate of drug-likeness (QED) is 0.823. The molecule has 4 heteroatoms. The standard InChI is InChI=1S/C17H16F3N/c1-2-11-6-5-7-12-10-15(21-16(11)12)13-8-3-4-9-14(13)17(18,19)20/h3-9,15,21H,2,10H2,1H3. The van der Waals surface area contributed by atoms with Gasteiger partial charge in [0.1, 0.15) is 0 Å². The van der Waals surface area contributed by atoms with Crippen molar-refractivity contribution >= 4 is 5.69 Å². The van der Waals surface area contributed by atoms with E-state index in [2.05, 4.69) is 5.32 Å². The minimum absolute atomic E-state index is 0.314. The first-order valence-electron chi connectivity index (χ1n) is 7.04. The number of anilines is 1. The summed E-state index contributed by atoms with van der Waals surface area (Å²) in [4.78, 5) is 0. The van der Waals surface area contributed by atoms with Gasteiger partial charge in [-0.3, -0.25) is 0 Å². The molecule has 1 aliphatic heterocycles. The summed E-state index contributed by atoms with van der Waals surface area (Å²) in [6, 6.07) is 11.5. The molecule has 0 aliphatic carbocycles. The molecule has 0 fully saturated rings. The van der Waals surface area contributed by atoms with Gasteiger partial charge in [0.15, 0.2) is 0 Å². The second kappa shape index (κ2) is 5.10. The van der Waals surface area contributed by atoms with Crippen molar-refractivity contribution in [2.24, 2.45) is 0 Å². The van der Waals surface area contributed by atoms with Crippen molar-refractivity contribution in [1.29, 1.82) is 0 Å². The molecule has 0 aromatic heterocycles. The molecule has 3 rings (SSSR count). The number of hydrogen-bond acceptors (Lipinski definition) is 1. The first-order chi connectivity index (χ1) is 10.0. The van der Waals surface area contributed by atoms with Crippen LogP contribution in [0.4, 0.5) is 18.9 Å². The maximum absolute atomic E-state index is 13.1. The van der Waals surface area contributed by atoms with Crippen LogP contribution in [0.15, 0.2) is 42.5 Å². The monoisotopic (exact) mass is 291 g/mol. The van der Waals surface area contributed by atoms with Crippen LogP contribution in [0.3, 0.4) is 0 Å². The van der Waals surface area contributed by atoms with E-state index in [4.69, 9.17) is 0 Å². The van der Waals surface area contributed by atoms with Gasteiger partial charge in [0.2, 0.25) is 0 Å². The summed E-state index contributed by atoms with van der Waals surface area (Å²) in [5, 5.41) is 3.28. The summed E-state index contributed by atoms with van der Waals surface area (Å²) < 4.78 is 39.4. The first kappa shape index (κ1) is 14.0. The molecule has 1 unspecified atom stereocenters. The van der Waals surface area contributed by atoms with Crippen LogP contribution in [0, 0.1) is 0 Å². The predicted octanol–water partition coefficient (Wildman–Crippen LogP) is 4.98. The minimum Gasteiger partial charge on any atom is -0.377 e. The Balaban J connectivity index is 1.99. The maximum Gasteiger partial charge on any atom is 0.416 e.